The van der Waals surface area contributed by atoms with E-state index in [1.54, 1.807) is 18.2 Å². The van der Waals surface area contributed by atoms with Crippen molar-refractivity contribution in [1.82, 2.24) is 4.98 Å². The second-order valence-electron chi connectivity index (χ2n) is 4.45. The van der Waals surface area contributed by atoms with Gasteiger partial charge in [-0.05, 0) is 6.07 Å². The van der Waals surface area contributed by atoms with Crippen LogP contribution >= 0.6 is 11.3 Å². The molecule has 21 heavy (non-hydrogen) atoms. The number of nitrogens with zero attached hydrogens (tertiary/aromatic N) is 1. The molecule has 6 heteroatoms. The zero-order valence-electron chi connectivity index (χ0n) is 10.9. The molecule has 0 aliphatic heterocycles. The summed E-state index contributed by atoms with van der Waals surface area (Å²) >= 11 is 1.40. The van der Waals surface area contributed by atoms with Crippen molar-refractivity contribution in [2.45, 2.75) is 4.90 Å². The summed E-state index contributed by atoms with van der Waals surface area (Å²) in [5.41, 5.74) is 2.35. The third-order valence-corrected chi connectivity index (χ3v) is 4.84. The Hall–Kier alpha value is -2.02. The summed E-state index contributed by atoms with van der Waals surface area (Å²) in [6, 6.07) is 16.4. The molecule has 1 aromatic heterocycles. The van der Waals surface area contributed by atoms with Crippen LogP contribution in [0.4, 0.5) is 0 Å². The summed E-state index contributed by atoms with van der Waals surface area (Å²) in [5, 5.41) is 7.81. The van der Waals surface area contributed by atoms with Crippen LogP contribution in [0.3, 0.4) is 0 Å². The number of thiazole rings is 1. The van der Waals surface area contributed by atoms with Crippen molar-refractivity contribution in [2.24, 2.45) is 5.14 Å². The van der Waals surface area contributed by atoms with Crippen LogP contribution in [-0.2, 0) is 10.0 Å². The number of hydrogen-bond acceptors (Lipinski definition) is 4. The molecule has 0 fully saturated rings. The molecule has 0 spiro atoms. The van der Waals surface area contributed by atoms with Crippen LogP contribution in [0.15, 0.2) is 64.9 Å². The Labute approximate surface area is 127 Å². The molecule has 0 unspecified atom stereocenters. The summed E-state index contributed by atoms with van der Waals surface area (Å²) in [6.07, 6.45) is 0. The first kappa shape index (κ1) is 13.9. The highest BCUT2D eigenvalue weighted by molar-refractivity contribution is 7.89. The Balaban J connectivity index is 2.10. The van der Waals surface area contributed by atoms with Gasteiger partial charge in [0.2, 0.25) is 10.0 Å². The van der Waals surface area contributed by atoms with Gasteiger partial charge in [-0.2, -0.15) is 0 Å². The Bertz CT molecular complexity index is 871. The smallest absolute Gasteiger partial charge is 0.236 e. The van der Waals surface area contributed by atoms with Crippen LogP contribution in [0.1, 0.15) is 0 Å². The number of sulfonamides is 1. The topological polar surface area (TPSA) is 73.1 Å². The van der Waals surface area contributed by atoms with Gasteiger partial charge in [-0.15, -0.1) is 11.3 Å². The van der Waals surface area contributed by atoms with Crippen LogP contribution in [0.25, 0.3) is 21.8 Å². The summed E-state index contributed by atoms with van der Waals surface area (Å²) in [6.45, 7) is 0. The molecule has 0 bridgehead atoms. The Morgan fingerprint density at radius 2 is 1.62 bits per heavy atom. The van der Waals surface area contributed by atoms with Gasteiger partial charge in [0.15, 0.2) is 0 Å². The van der Waals surface area contributed by atoms with Gasteiger partial charge in [0, 0.05) is 16.5 Å². The van der Waals surface area contributed by atoms with Crippen molar-refractivity contribution >= 4 is 21.4 Å². The van der Waals surface area contributed by atoms with Crippen LogP contribution in [-0.4, -0.2) is 13.4 Å². The molecule has 0 amide bonds. The minimum atomic E-state index is -3.77. The van der Waals surface area contributed by atoms with Crippen molar-refractivity contribution < 1.29 is 8.42 Å². The lowest BCUT2D eigenvalue weighted by atomic mass is 10.2. The van der Waals surface area contributed by atoms with E-state index < -0.39 is 10.0 Å². The SMILES string of the molecule is NS(=O)(=O)c1ccccc1-c1nc(-c2ccccc2)cs1. The minimum Gasteiger partial charge on any atom is -0.236 e. The van der Waals surface area contributed by atoms with Crippen LogP contribution in [0.5, 0.6) is 0 Å². The van der Waals surface area contributed by atoms with Crippen molar-refractivity contribution in [3.05, 3.63) is 60.0 Å². The summed E-state index contributed by atoms with van der Waals surface area (Å²) in [4.78, 5) is 4.62. The van der Waals surface area contributed by atoms with Crippen LogP contribution < -0.4 is 5.14 Å². The van der Waals surface area contributed by atoms with Gasteiger partial charge >= 0.3 is 0 Å². The standard InChI is InChI=1S/C15H12N2O2S2/c16-21(18,19)14-9-5-4-8-12(14)15-17-13(10-20-15)11-6-2-1-3-7-11/h1-10H,(H2,16,18,19). The molecule has 2 aromatic carbocycles. The van der Waals surface area contributed by atoms with Crippen LogP contribution in [0.2, 0.25) is 0 Å². The van der Waals surface area contributed by atoms with E-state index in [1.165, 1.54) is 17.4 Å². The van der Waals surface area contributed by atoms with Gasteiger partial charge in [-0.3, -0.25) is 0 Å². The zero-order valence-corrected chi connectivity index (χ0v) is 12.6. The Morgan fingerprint density at radius 3 is 2.33 bits per heavy atom. The molecular formula is C15H12N2O2S2. The fourth-order valence-corrected chi connectivity index (χ4v) is 3.70. The van der Waals surface area contributed by atoms with Gasteiger partial charge in [0.1, 0.15) is 5.01 Å². The van der Waals surface area contributed by atoms with Crippen molar-refractivity contribution in [3.63, 3.8) is 0 Å². The van der Waals surface area contributed by atoms with E-state index in [0.29, 0.717) is 10.6 Å². The molecule has 2 N–H and O–H groups in total. The van der Waals surface area contributed by atoms with E-state index in [4.69, 9.17) is 5.14 Å². The van der Waals surface area contributed by atoms with E-state index in [0.717, 1.165) is 11.3 Å². The van der Waals surface area contributed by atoms with E-state index in [-0.39, 0.29) is 4.90 Å². The van der Waals surface area contributed by atoms with Gasteiger partial charge < -0.3 is 0 Å². The fraction of sp³-hybridized carbons (Fsp3) is 0. The second kappa shape index (κ2) is 5.40. The number of aromatic nitrogens is 1. The molecule has 3 aromatic rings. The molecule has 0 atom stereocenters. The summed E-state index contributed by atoms with van der Waals surface area (Å²) in [7, 11) is -3.77. The summed E-state index contributed by atoms with van der Waals surface area (Å²) in [5.74, 6) is 0. The first-order valence-electron chi connectivity index (χ1n) is 6.19. The first-order valence-corrected chi connectivity index (χ1v) is 8.61. The van der Waals surface area contributed by atoms with Crippen LogP contribution in [0, 0.1) is 0 Å². The molecule has 0 saturated heterocycles. The van der Waals surface area contributed by atoms with E-state index in [9.17, 15) is 8.42 Å². The van der Waals surface area contributed by atoms with Crippen molar-refractivity contribution in [1.29, 1.82) is 0 Å². The van der Waals surface area contributed by atoms with E-state index in [2.05, 4.69) is 4.98 Å². The lowest BCUT2D eigenvalue weighted by Gasteiger charge is -2.04. The Morgan fingerprint density at radius 1 is 0.952 bits per heavy atom. The molecule has 0 aliphatic rings. The number of nitrogens with two attached hydrogens (primary N) is 1. The molecule has 1 heterocycles. The van der Waals surface area contributed by atoms with Gasteiger partial charge in [0.25, 0.3) is 0 Å². The maximum Gasteiger partial charge on any atom is 0.238 e. The maximum absolute atomic E-state index is 11.7. The molecule has 4 nitrogen and oxygen atoms in total. The van der Waals surface area contributed by atoms with Gasteiger partial charge in [0.05, 0.1) is 10.6 Å². The predicted octanol–water partition coefficient (Wildman–Crippen LogP) is 3.12. The monoisotopic (exact) mass is 316 g/mol. The number of benzene rings is 2. The zero-order chi connectivity index (χ0) is 14.9. The summed E-state index contributed by atoms with van der Waals surface area (Å²) < 4.78 is 23.3. The quantitative estimate of drug-likeness (QED) is 0.807. The van der Waals surface area contributed by atoms with Crippen molar-refractivity contribution in [3.8, 4) is 21.8 Å². The van der Waals surface area contributed by atoms with Gasteiger partial charge in [-0.25, -0.2) is 18.5 Å². The lowest BCUT2D eigenvalue weighted by Crippen LogP contribution is -2.13. The molecule has 106 valence electrons. The molecule has 0 radical (unpaired) electrons. The second-order valence-corrected chi connectivity index (χ2v) is 6.83. The van der Waals surface area contributed by atoms with Crippen molar-refractivity contribution in [2.75, 3.05) is 0 Å². The predicted molar refractivity (Wildman–Crippen MR) is 84.4 cm³/mol. The molecule has 0 saturated carbocycles. The molecule has 0 aliphatic carbocycles. The third-order valence-electron chi connectivity index (χ3n) is 3.00. The third kappa shape index (κ3) is 2.87. The number of rotatable bonds is 3. The number of primary sulfonamides is 1. The molecular weight excluding hydrogens is 304 g/mol. The van der Waals surface area contributed by atoms with E-state index >= 15 is 0 Å². The van der Waals surface area contributed by atoms with Gasteiger partial charge in [-0.1, -0.05) is 48.5 Å². The number of hydrogen-bond donors (Lipinski definition) is 1. The average molecular weight is 316 g/mol. The van der Waals surface area contributed by atoms with E-state index in [1.807, 2.05) is 35.7 Å². The minimum absolute atomic E-state index is 0.0963. The Kier molecular flexibility index (Phi) is 3.59. The normalized spacial score (nSPS) is 11.5. The largest absolute Gasteiger partial charge is 0.238 e. The highest BCUT2D eigenvalue weighted by Gasteiger charge is 2.17. The highest BCUT2D eigenvalue weighted by atomic mass is 32.2. The maximum atomic E-state index is 11.7. The lowest BCUT2D eigenvalue weighted by molar-refractivity contribution is 0.598. The highest BCUT2D eigenvalue weighted by Crippen LogP contribution is 2.32. The first-order chi connectivity index (χ1) is 10.1. The fourth-order valence-electron chi connectivity index (χ4n) is 2.03. The molecule has 3 rings (SSSR count). The average Bonchev–Trinajstić information content (AvgIpc) is 2.97.